The molecule has 134 valence electrons. The van der Waals surface area contributed by atoms with E-state index in [9.17, 15) is 0 Å². The standard InChI is InChI=1S/C18H22N4O2.HI/c1-13-2-4-15(5-3-13)22-18(19)21-11-14-6-8-20-17(10-14)24-16-7-9-23-12-16;/h2-6,8,10,16H,7,9,11-12H2,1H3,(H3,19,21,22);1H. The minimum absolute atomic E-state index is 0. The lowest BCUT2D eigenvalue weighted by atomic mass is 10.2. The lowest BCUT2D eigenvalue weighted by molar-refractivity contribution is 0.138. The first-order valence-corrected chi connectivity index (χ1v) is 8.02. The van der Waals surface area contributed by atoms with E-state index in [2.05, 4.69) is 15.3 Å². The van der Waals surface area contributed by atoms with Gasteiger partial charge in [-0.05, 0) is 30.7 Å². The number of halogens is 1. The molecular weight excluding hydrogens is 431 g/mol. The SMILES string of the molecule is Cc1ccc(NC(N)=NCc2ccnc(OC3CCOC3)c2)cc1.I. The van der Waals surface area contributed by atoms with Crippen molar-refractivity contribution in [2.24, 2.45) is 10.7 Å². The fourth-order valence-electron chi connectivity index (χ4n) is 2.39. The number of hydrogen-bond acceptors (Lipinski definition) is 4. The fraction of sp³-hybridized carbons (Fsp3) is 0.333. The van der Waals surface area contributed by atoms with Gasteiger partial charge in [0.2, 0.25) is 5.88 Å². The molecule has 0 amide bonds. The molecule has 7 heteroatoms. The van der Waals surface area contributed by atoms with Crippen molar-refractivity contribution in [3.63, 3.8) is 0 Å². The predicted molar refractivity (Wildman–Crippen MR) is 110 cm³/mol. The van der Waals surface area contributed by atoms with E-state index in [0.717, 1.165) is 24.3 Å². The number of nitrogens with zero attached hydrogens (tertiary/aromatic N) is 2. The molecule has 1 saturated heterocycles. The van der Waals surface area contributed by atoms with Crippen LogP contribution >= 0.6 is 24.0 Å². The van der Waals surface area contributed by atoms with Gasteiger partial charge in [0.15, 0.2) is 5.96 Å². The second-order valence-corrected chi connectivity index (χ2v) is 5.80. The first kappa shape index (κ1) is 19.5. The number of aryl methyl sites for hydroxylation is 1. The van der Waals surface area contributed by atoms with Crippen LogP contribution in [0.3, 0.4) is 0 Å². The van der Waals surface area contributed by atoms with E-state index in [0.29, 0.717) is 25.0 Å². The Morgan fingerprint density at radius 1 is 1.36 bits per heavy atom. The minimum atomic E-state index is 0. The first-order chi connectivity index (χ1) is 11.7. The number of aliphatic imine (C=N–C) groups is 1. The Kier molecular flexibility index (Phi) is 7.45. The molecule has 6 nitrogen and oxygen atoms in total. The molecule has 2 heterocycles. The number of aromatic nitrogens is 1. The van der Waals surface area contributed by atoms with Crippen molar-refractivity contribution in [2.45, 2.75) is 26.0 Å². The third-order valence-electron chi connectivity index (χ3n) is 3.73. The van der Waals surface area contributed by atoms with E-state index in [1.807, 2.05) is 43.3 Å². The summed E-state index contributed by atoms with van der Waals surface area (Å²) in [4.78, 5) is 8.59. The van der Waals surface area contributed by atoms with Crippen LogP contribution in [0.15, 0.2) is 47.6 Å². The van der Waals surface area contributed by atoms with Gasteiger partial charge >= 0.3 is 0 Å². The molecule has 0 spiro atoms. The van der Waals surface area contributed by atoms with Crippen LogP contribution in [0.25, 0.3) is 0 Å². The highest BCUT2D eigenvalue weighted by Gasteiger charge is 2.17. The van der Waals surface area contributed by atoms with E-state index in [1.54, 1.807) is 6.20 Å². The second-order valence-electron chi connectivity index (χ2n) is 5.80. The summed E-state index contributed by atoms with van der Waals surface area (Å²) in [5.74, 6) is 0.977. The monoisotopic (exact) mass is 454 g/mol. The van der Waals surface area contributed by atoms with Crippen LogP contribution in [0.2, 0.25) is 0 Å². The quantitative estimate of drug-likeness (QED) is 0.412. The van der Waals surface area contributed by atoms with Crippen molar-refractivity contribution in [2.75, 3.05) is 18.5 Å². The predicted octanol–water partition coefficient (Wildman–Crippen LogP) is 3.10. The fourth-order valence-corrected chi connectivity index (χ4v) is 2.39. The van der Waals surface area contributed by atoms with Crippen LogP contribution < -0.4 is 15.8 Å². The van der Waals surface area contributed by atoms with Gasteiger partial charge in [-0.2, -0.15) is 0 Å². The highest BCUT2D eigenvalue weighted by atomic mass is 127. The molecule has 1 aromatic carbocycles. The molecule has 1 aliphatic rings. The normalized spacial score (nSPS) is 17.0. The maximum Gasteiger partial charge on any atom is 0.213 e. The number of pyridine rings is 1. The van der Waals surface area contributed by atoms with Gasteiger partial charge in [0.25, 0.3) is 0 Å². The molecular formula is C18H23IN4O2. The Balaban J connectivity index is 0.00000225. The zero-order valence-corrected chi connectivity index (χ0v) is 16.5. The molecule has 3 N–H and O–H groups in total. The number of nitrogens with two attached hydrogens (primary N) is 1. The molecule has 3 rings (SSSR count). The Morgan fingerprint density at radius 3 is 2.88 bits per heavy atom. The zero-order chi connectivity index (χ0) is 16.8. The average molecular weight is 454 g/mol. The largest absolute Gasteiger partial charge is 0.472 e. The smallest absolute Gasteiger partial charge is 0.213 e. The van der Waals surface area contributed by atoms with Gasteiger partial charge in [-0.1, -0.05) is 17.7 Å². The van der Waals surface area contributed by atoms with Crippen molar-refractivity contribution in [1.29, 1.82) is 0 Å². The van der Waals surface area contributed by atoms with Gasteiger partial charge in [0.05, 0.1) is 19.8 Å². The van der Waals surface area contributed by atoms with Crippen LogP contribution in [-0.4, -0.2) is 30.3 Å². The number of nitrogens with one attached hydrogen (secondary N) is 1. The molecule has 0 saturated carbocycles. The van der Waals surface area contributed by atoms with Gasteiger partial charge < -0.3 is 20.5 Å². The molecule has 0 bridgehead atoms. The molecule has 1 unspecified atom stereocenters. The summed E-state index contributed by atoms with van der Waals surface area (Å²) in [6.07, 6.45) is 2.71. The Hall–Kier alpha value is -1.87. The molecule has 0 aliphatic carbocycles. The molecule has 1 atom stereocenters. The van der Waals surface area contributed by atoms with E-state index >= 15 is 0 Å². The van der Waals surface area contributed by atoms with Gasteiger partial charge in [-0.25, -0.2) is 9.98 Å². The number of rotatable bonds is 5. The third kappa shape index (κ3) is 6.17. The molecule has 1 aliphatic heterocycles. The molecule has 0 radical (unpaired) electrons. The van der Waals surface area contributed by atoms with E-state index in [-0.39, 0.29) is 30.1 Å². The Labute approximate surface area is 164 Å². The van der Waals surface area contributed by atoms with Crippen LogP contribution in [0.4, 0.5) is 5.69 Å². The summed E-state index contributed by atoms with van der Waals surface area (Å²) < 4.78 is 11.1. The topological polar surface area (TPSA) is 81.8 Å². The Bertz CT molecular complexity index is 700. The summed E-state index contributed by atoms with van der Waals surface area (Å²) in [6.45, 7) is 3.88. The molecule has 1 fully saturated rings. The summed E-state index contributed by atoms with van der Waals surface area (Å²) in [5, 5.41) is 3.08. The van der Waals surface area contributed by atoms with Gasteiger partial charge in [0.1, 0.15) is 6.10 Å². The summed E-state index contributed by atoms with van der Waals surface area (Å²) in [7, 11) is 0. The van der Waals surface area contributed by atoms with Crippen LogP contribution in [0.5, 0.6) is 5.88 Å². The summed E-state index contributed by atoms with van der Waals surface area (Å²) >= 11 is 0. The van der Waals surface area contributed by atoms with Crippen LogP contribution in [-0.2, 0) is 11.3 Å². The number of anilines is 1. The van der Waals surface area contributed by atoms with E-state index < -0.39 is 0 Å². The summed E-state index contributed by atoms with van der Waals surface area (Å²) in [5.41, 5.74) is 9.05. The van der Waals surface area contributed by atoms with Crippen molar-refractivity contribution in [3.8, 4) is 5.88 Å². The van der Waals surface area contributed by atoms with Crippen LogP contribution in [0.1, 0.15) is 17.5 Å². The van der Waals surface area contributed by atoms with E-state index in [1.165, 1.54) is 5.56 Å². The number of hydrogen-bond donors (Lipinski definition) is 2. The average Bonchev–Trinajstić information content (AvgIpc) is 3.08. The highest BCUT2D eigenvalue weighted by molar-refractivity contribution is 14.0. The molecule has 25 heavy (non-hydrogen) atoms. The zero-order valence-electron chi connectivity index (χ0n) is 14.1. The van der Waals surface area contributed by atoms with Crippen molar-refractivity contribution in [1.82, 2.24) is 4.98 Å². The van der Waals surface area contributed by atoms with Crippen molar-refractivity contribution in [3.05, 3.63) is 53.7 Å². The minimum Gasteiger partial charge on any atom is -0.472 e. The van der Waals surface area contributed by atoms with Gasteiger partial charge in [0, 0.05) is 24.4 Å². The number of guanidine groups is 1. The third-order valence-corrected chi connectivity index (χ3v) is 3.73. The lowest BCUT2D eigenvalue weighted by Gasteiger charge is -2.11. The van der Waals surface area contributed by atoms with E-state index in [4.69, 9.17) is 15.2 Å². The van der Waals surface area contributed by atoms with Crippen molar-refractivity contribution >= 4 is 35.6 Å². The number of benzene rings is 1. The van der Waals surface area contributed by atoms with Gasteiger partial charge in [-0.3, -0.25) is 0 Å². The second kappa shape index (κ2) is 9.57. The maximum absolute atomic E-state index is 5.94. The lowest BCUT2D eigenvalue weighted by Crippen LogP contribution is -2.22. The Morgan fingerprint density at radius 2 is 2.16 bits per heavy atom. The highest BCUT2D eigenvalue weighted by Crippen LogP contribution is 2.16. The van der Waals surface area contributed by atoms with Gasteiger partial charge in [-0.15, -0.1) is 24.0 Å². The van der Waals surface area contributed by atoms with Crippen molar-refractivity contribution < 1.29 is 9.47 Å². The maximum atomic E-state index is 5.94. The first-order valence-electron chi connectivity index (χ1n) is 8.02. The number of ether oxygens (including phenoxy) is 2. The summed E-state index contributed by atoms with van der Waals surface area (Å²) in [6, 6.07) is 11.8. The molecule has 2 aromatic rings. The molecule has 1 aromatic heterocycles. The van der Waals surface area contributed by atoms with Crippen LogP contribution in [0, 0.1) is 6.92 Å².